The third-order valence-corrected chi connectivity index (χ3v) is 3.90. The van der Waals surface area contributed by atoms with Gasteiger partial charge in [0, 0.05) is 17.6 Å². The average molecular weight is 270 g/mol. The molecule has 0 unspecified atom stereocenters. The summed E-state index contributed by atoms with van der Waals surface area (Å²) in [6.07, 6.45) is 1.85. The van der Waals surface area contributed by atoms with Crippen LogP contribution in [-0.4, -0.2) is 14.6 Å². The summed E-state index contributed by atoms with van der Waals surface area (Å²) in [5, 5.41) is 9.18. The Balaban J connectivity index is 1.81. The summed E-state index contributed by atoms with van der Waals surface area (Å²) < 4.78 is 1.92. The van der Waals surface area contributed by atoms with Crippen LogP contribution in [0.15, 0.2) is 47.8 Å². The van der Waals surface area contributed by atoms with Gasteiger partial charge >= 0.3 is 0 Å². The number of aryl methyl sites for hydroxylation is 1. The van der Waals surface area contributed by atoms with Crippen molar-refractivity contribution in [3.05, 3.63) is 53.7 Å². The fourth-order valence-electron chi connectivity index (χ4n) is 1.82. The van der Waals surface area contributed by atoms with E-state index in [9.17, 15) is 0 Å². The minimum atomic E-state index is 0.712. The summed E-state index contributed by atoms with van der Waals surface area (Å²) in [6.45, 7) is 2.09. The quantitative estimate of drug-likeness (QED) is 0.743. The molecule has 5 heteroatoms. The molecule has 2 heterocycles. The number of aromatic nitrogens is 3. The molecule has 3 rings (SSSR count). The number of hydrogen-bond acceptors (Lipinski definition) is 4. The standard InChI is InChI=1S/C14H14N4S/c1-10-2-4-11(5-3-10)9-19-14-17-16-13-7-6-12(15)8-18(13)14/h2-8H,9,15H2,1H3. The number of thioether (sulfide) groups is 1. The summed E-state index contributed by atoms with van der Waals surface area (Å²) in [5.74, 6) is 0.871. The first kappa shape index (κ1) is 12.0. The van der Waals surface area contributed by atoms with E-state index in [1.807, 2.05) is 22.7 Å². The monoisotopic (exact) mass is 270 g/mol. The predicted molar refractivity (Wildman–Crippen MR) is 78.1 cm³/mol. The van der Waals surface area contributed by atoms with Crippen molar-refractivity contribution in [2.75, 3.05) is 5.73 Å². The highest BCUT2D eigenvalue weighted by Gasteiger charge is 2.06. The molecular weight excluding hydrogens is 256 g/mol. The summed E-state index contributed by atoms with van der Waals surface area (Å²) >= 11 is 1.66. The van der Waals surface area contributed by atoms with Gasteiger partial charge in [-0.2, -0.15) is 0 Å². The number of nitrogen functional groups attached to an aromatic ring is 1. The third-order valence-electron chi connectivity index (χ3n) is 2.88. The molecule has 0 aliphatic carbocycles. The molecule has 0 saturated heterocycles. The summed E-state index contributed by atoms with van der Waals surface area (Å²) in [4.78, 5) is 0. The van der Waals surface area contributed by atoms with E-state index in [1.54, 1.807) is 11.8 Å². The van der Waals surface area contributed by atoms with E-state index >= 15 is 0 Å². The zero-order chi connectivity index (χ0) is 13.2. The molecule has 2 N–H and O–H groups in total. The Bertz CT molecular complexity index is 703. The topological polar surface area (TPSA) is 56.2 Å². The maximum atomic E-state index is 5.79. The summed E-state index contributed by atoms with van der Waals surface area (Å²) in [6, 6.07) is 12.2. The molecule has 0 spiro atoms. The van der Waals surface area contributed by atoms with Crippen LogP contribution in [0.3, 0.4) is 0 Å². The van der Waals surface area contributed by atoms with Crippen LogP contribution in [-0.2, 0) is 5.75 Å². The Morgan fingerprint density at radius 1 is 1.11 bits per heavy atom. The Morgan fingerprint density at radius 3 is 2.68 bits per heavy atom. The SMILES string of the molecule is Cc1ccc(CSc2nnc3ccc(N)cn23)cc1. The number of nitrogens with zero attached hydrogens (tertiary/aromatic N) is 3. The molecule has 0 aliphatic rings. The molecule has 4 nitrogen and oxygen atoms in total. The smallest absolute Gasteiger partial charge is 0.195 e. The fourth-order valence-corrected chi connectivity index (χ4v) is 2.69. The molecule has 3 aromatic rings. The van der Waals surface area contributed by atoms with Crippen LogP contribution in [0.5, 0.6) is 0 Å². The van der Waals surface area contributed by atoms with Crippen LogP contribution < -0.4 is 5.73 Å². The van der Waals surface area contributed by atoms with E-state index in [1.165, 1.54) is 11.1 Å². The molecule has 0 aliphatic heterocycles. The maximum absolute atomic E-state index is 5.79. The minimum absolute atomic E-state index is 0.712. The third kappa shape index (κ3) is 2.56. The predicted octanol–water partition coefficient (Wildman–Crippen LogP) is 2.91. The molecule has 2 aromatic heterocycles. The van der Waals surface area contributed by atoms with Crippen molar-refractivity contribution in [2.45, 2.75) is 17.8 Å². The van der Waals surface area contributed by atoms with Gasteiger partial charge in [-0.15, -0.1) is 10.2 Å². The highest BCUT2D eigenvalue weighted by atomic mass is 32.2. The van der Waals surface area contributed by atoms with Gasteiger partial charge in [0.15, 0.2) is 10.8 Å². The lowest BCUT2D eigenvalue weighted by Gasteiger charge is -2.02. The number of fused-ring (bicyclic) bond motifs is 1. The number of hydrogen-bond donors (Lipinski definition) is 1. The second kappa shape index (κ2) is 4.93. The van der Waals surface area contributed by atoms with Crippen LogP contribution >= 0.6 is 11.8 Å². The van der Waals surface area contributed by atoms with Gasteiger partial charge in [0.05, 0.1) is 0 Å². The lowest BCUT2D eigenvalue weighted by Crippen LogP contribution is -1.92. The largest absolute Gasteiger partial charge is 0.398 e. The van der Waals surface area contributed by atoms with E-state index in [4.69, 9.17) is 5.73 Å². The Hall–Kier alpha value is -2.01. The van der Waals surface area contributed by atoms with Crippen molar-refractivity contribution in [1.82, 2.24) is 14.6 Å². The maximum Gasteiger partial charge on any atom is 0.195 e. The van der Waals surface area contributed by atoms with Gasteiger partial charge in [0.25, 0.3) is 0 Å². The highest BCUT2D eigenvalue weighted by molar-refractivity contribution is 7.98. The second-order valence-corrected chi connectivity index (χ2v) is 5.39. The van der Waals surface area contributed by atoms with E-state index < -0.39 is 0 Å². The van der Waals surface area contributed by atoms with E-state index in [0.717, 1.165) is 16.6 Å². The van der Waals surface area contributed by atoms with Gasteiger partial charge in [-0.1, -0.05) is 41.6 Å². The highest BCUT2D eigenvalue weighted by Crippen LogP contribution is 2.22. The first-order valence-corrected chi connectivity index (χ1v) is 6.99. The Kier molecular flexibility index (Phi) is 3.13. The lowest BCUT2D eigenvalue weighted by atomic mass is 10.2. The van der Waals surface area contributed by atoms with Crippen LogP contribution in [0.2, 0.25) is 0 Å². The molecule has 0 saturated carbocycles. The molecular formula is C14H14N4S. The molecule has 0 bridgehead atoms. The number of benzene rings is 1. The number of rotatable bonds is 3. The Morgan fingerprint density at radius 2 is 1.89 bits per heavy atom. The normalized spacial score (nSPS) is 11.0. The van der Waals surface area contributed by atoms with E-state index in [2.05, 4.69) is 41.4 Å². The van der Waals surface area contributed by atoms with Gasteiger partial charge in [-0.05, 0) is 24.6 Å². The second-order valence-electron chi connectivity index (χ2n) is 4.45. The van der Waals surface area contributed by atoms with Crippen molar-refractivity contribution in [3.63, 3.8) is 0 Å². The fraction of sp³-hybridized carbons (Fsp3) is 0.143. The van der Waals surface area contributed by atoms with Gasteiger partial charge in [-0.25, -0.2) is 0 Å². The van der Waals surface area contributed by atoms with Crippen molar-refractivity contribution >= 4 is 23.1 Å². The van der Waals surface area contributed by atoms with E-state index in [0.29, 0.717) is 5.69 Å². The molecule has 1 aromatic carbocycles. The lowest BCUT2D eigenvalue weighted by molar-refractivity contribution is 0.922. The van der Waals surface area contributed by atoms with Gasteiger partial charge in [0.2, 0.25) is 0 Å². The molecule has 0 radical (unpaired) electrons. The van der Waals surface area contributed by atoms with Gasteiger partial charge in [0.1, 0.15) is 0 Å². The van der Waals surface area contributed by atoms with Crippen molar-refractivity contribution < 1.29 is 0 Å². The van der Waals surface area contributed by atoms with Crippen LogP contribution in [0.1, 0.15) is 11.1 Å². The van der Waals surface area contributed by atoms with Crippen molar-refractivity contribution in [2.24, 2.45) is 0 Å². The molecule has 19 heavy (non-hydrogen) atoms. The van der Waals surface area contributed by atoms with Crippen molar-refractivity contribution in [1.29, 1.82) is 0 Å². The van der Waals surface area contributed by atoms with Gasteiger partial charge < -0.3 is 5.73 Å². The zero-order valence-corrected chi connectivity index (χ0v) is 11.4. The zero-order valence-electron chi connectivity index (χ0n) is 10.6. The van der Waals surface area contributed by atoms with Crippen LogP contribution in [0.4, 0.5) is 5.69 Å². The average Bonchev–Trinajstić information content (AvgIpc) is 2.80. The van der Waals surface area contributed by atoms with E-state index in [-0.39, 0.29) is 0 Å². The summed E-state index contributed by atoms with van der Waals surface area (Å²) in [7, 11) is 0. The minimum Gasteiger partial charge on any atom is -0.398 e. The number of anilines is 1. The number of nitrogens with two attached hydrogens (primary N) is 1. The summed E-state index contributed by atoms with van der Waals surface area (Å²) in [5.41, 5.74) is 9.87. The molecule has 0 fully saturated rings. The van der Waals surface area contributed by atoms with Crippen LogP contribution in [0.25, 0.3) is 5.65 Å². The first-order chi connectivity index (χ1) is 9.22. The molecule has 96 valence electrons. The first-order valence-electron chi connectivity index (χ1n) is 6.01. The molecule has 0 amide bonds. The van der Waals surface area contributed by atoms with Gasteiger partial charge in [-0.3, -0.25) is 4.40 Å². The van der Waals surface area contributed by atoms with Crippen molar-refractivity contribution in [3.8, 4) is 0 Å². The molecule has 0 atom stereocenters. The van der Waals surface area contributed by atoms with Crippen LogP contribution in [0, 0.1) is 6.92 Å². The number of pyridine rings is 1. The Labute approximate surface area is 115 Å².